The Labute approximate surface area is 178 Å². The summed E-state index contributed by atoms with van der Waals surface area (Å²) in [6.45, 7) is 0.409. The standard InChI is InChI=1S/C20H20ClN3O4S/c1-24(11-14-6-9-16(26-2)10-17(14)27-3)18(25)12-29-20-23-22-19(28-20)13-4-7-15(21)8-5-13/h4-10H,11-12H2,1-3H3. The molecule has 0 spiro atoms. The van der Waals surface area contributed by atoms with Crippen molar-refractivity contribution in [2.24, 2.45) is 0 Å². The first-order chi connectivity index (χ1) is 14.0. The average Bonchev–Trinajstić information content (AvgIpc) is 3.21. The van der Waals surface area contributed by atoms with Crippen LogP contribution in [-0.2, 0) is 11.3 Å². The van der Waals surface area contributed by atoms with Gasteiger partial charge in [-0.25, -0.2) is 0 Å². The van der Waals surface area contributed by atoms with Crippen LogP contribution < -0.4 is 9.47 Å². The summed E-state index contributed by atoms with van der Waals surface area (Å²) >= 11 is 7.08. The second-order valence-electron chi connectivity index (χ2n) is 6.10. The summed E-state index contributed by atoms with van der Waals surface area (Å²) in [6, 6.07) is 12.6. The minimum Gasteiger partial charge on any atom is -0.497 e. The lowest BCUT2D eigenvalue weighted by Gasteiger charge is -2.18. The predicted octanol–water partition coefficient (Wildman–Crippen LogP) is 4.16. The molecule has 3 aromatic rings. The Hall–Kier alpha value is -2.71. The number of methoxy groups -OCH3 is 2. The molecular weight excluding hydrogens is 414 g/mol. The van der Waals surface area contributed by atoms with Gasteiger partial charge in [0, 0.05) is 35.8 Å². The van der Waals surface area contributed by atoms with E-state index in [1.165, 1.54) is 11.8 Å². The Balaban J connectivity index is 1.57. The minimum absolute atomic E-state index is 0.0703. The third-order valence-electron chi connectivity index (χ3n) is 4.14. The van der Waals surface area contributed by atoms with E-state index in [1.54, 1.807) is 56.5 Å². The van der Waals surface area contributed by atoms with Crippen LogP contribution in [0.2, 0.25) is 5.02 Å². The summed E-state index contributed by atoms with van der Waals surface area (Å²) in [7, 11) is 4.92. The summed E-state index contributed by atoms with van der Waals surface area (Å²) in [5.41, 5.74) is 1.65. The van der Waals surface area contributed by atoms with Gasteiger partial charge in [0.05, 0.1) is 20.0 Å². The van der Waals surface area contributed by atoms with Gasteiger partial charge in [0.25, 0.3) is 5.22 Å². The number of benzene rings is 2. The molecule has 7 nitrogen and oxygen atoms in total. The van der Waals surface area contributed by atoms with E-state index >= 15 is 0 Å². The average molecular weight is 434 g/mol. The number of thioether (sulfide) groups is 1. The lowest BCUT2D eigenvalue weighted by Crippen LogP contribution is -2.28. The molecule has 0 aliphatic carbocycles. The maximum atomic E-state index is 12.5. The molecule has 0 saturated carbocycles. The Morgan fingerprint density at radius 1 is 1.14 bits per heavy atom. The zero-order chi connectivity index (χ0) is 20.8. The van der Waals surface area contributed by atoms with Crippen molar-refractivity contribution in [3.8, 4) is 23.0 Å². The molecule has 2 aromatic carbocycles. The van der Waals surface area contributed by atoms with Crippen molar-refractivity contribution >= 4 is 29.3 Å². The molecule has 0 fully saturated rings. The van der Waals surface area contributed by atoms with E-state index in [0.717, 1.165) is 11.1 Å². The highest BCUT2D eigenvalue weighted by molar-refractivity contribution is 7.99. The lowest BCUT2D eigenvalue weighted by molar-refractivity contribution is -0.127. The van der Waals surface area contributed by atoms with Gasteiger partial charge in [-0.3, -0.25) is 4.79 Å². The molecule has 0 bridgehead atoms. The normalized spacial score (nSPS) is 10.6. The summed E-state index contributed by atoms with van der Waals surface area (Å²) in [4.78, 5) is 14.1. The third kappa shape index (κ3) is 5.42. The number of hydrogen-bond donors (Lipinski definition) is 0. The Bertz CT molecular complexity index is 978. The second-order valence-corrected chi connectivity index (χ2v) is 7.46. The highest BCUT2D eigenvalue weighted by Crippen LogP contribution is 2.27. The topological polar surface area (TPSA) is 77.7 Å². The van der Waals surface area contributed by atoms with Crippen LogP contribution in [0.1, 0.15) is 5.56 Å². The molecule has 1 amide bonds. The molecule has 152 valence electrons. The van der Waals surface area contributed by atoms with Gasteiger partial charge in [0.2, 0.25) is 11.8 Å². The molecule has 1 heterocycles. The number of ether oxygens (including phenoxy) is 2. The highest BCUT2D eigenvalue weighted by atomic mass is 35.5. The number of carbonyl (C=O) groups excluding carboxylic acids is 1. The number of carbonyl (C=O) groups is 1. The highest BCUT2D eigenvalue weighted by Gasteiger charge is 2.16. The van der Waals surface area contributed by atoms with Crippen molar-refractivity contribution in [3.63, 3.8) is 0 Å². The third-order valence-corrected chi connectivity index (χ3v) is 5.20. The van der Waals surface area contributed by atoms with Crippen molar-refractivity contribution in [2.75, 3.05) is 27.0 Å². The number of halogens is 1. The second kappa shape index (κ2) is 9.67. The fourth-order valence-corrected chi connectivity index (χ4v) is 3.37. The van der Waals surface area contributed by atoms with Gasteiger partial charge in [-0.15, -0.1) is 10.2 Å². The zero-order valence-electron chi connectivity index (χ0n) is 16.2. The van der Waals surface area contributed by atoms with E-state index in [-0.39, 0.29) is 11.7 Å². The molecule has 3 rings (SSSR count). The van der Waals surface area contributed by atoms with Gasteiger partial charge in [-0.05, 0) is 36.4 Å². The molecular formula is C20H20ClN3O4S. The lowest BCUT2D eigenvalue weighted by atomic mass is 10.2. The molecule has 29 heavy (non-hydrogen) atoms. The van der Waals surface area contributed by atoms with E-state index in [9.17, 15) is 4.79 Å². The van der Waals surface area contributed by atoms with Crippen molar-refractivity contribution in [2.45, 2.75) is 11.8 Å². The molecule has 0 atom stereocenters. The van der Waals surface area contributed by atoms with Gasteiger partial charge in [-0.1, -0.05) is 23.4 Å². The first kappa shape index (κ1) is 21.0. The fraction of sp³-hybridized carbons (Fsp3) is 0.250. The van der Waals surface area contributed by atoms with Gasteiger partial charge in [0.1, 0.15) is 11.5 Å². The minimum atomic E-state index is -0.0703. The Kier molecular flexibility index (Phi) is 7.00. The predicted molar refractivity (Wildman–Crippen MR) is 111 cm³/mol. The first-order valence-electron chi connectivity index (χ1n) is 8.67. The molecule has 0 aliphatic heterocycles. The first-order valence-corrected chi connectivity index (χ1v) is 10.0. The molecule has 0 saturated heterocycles. The van der Waals surface area contributed by atoms with Gasteiger partial charge in [-0.2, -0.15) is 0 Å². The van der Waals surface area contributed by atoms with Crippen molar-refractivity contribution in [3.05, 3.63) is 53.1 Å². The number of aromatic nitrogens is 2. The van der Waals surface area contributed by atoms with Crippen LogP contribution in [0, 0.1) is 0 Å². The summed E-state index contributed by atoms with van der Waals surface area (Å²) in [5, 5.41) is 8.96. The number of rotatable bonds is 8. The van der Waals surface area contributed by atoms with E-state index in [0.29, 0.717) is 34.2 Å². The zero-order valence-corrected chi connectivity index (χ0v) is 17.8. The van der Waals surface area contributed by atoms with E-state index < -0.39 is 0 Å². The maximum absolute atomic E-state index is 12.5. The Morgan fingerprint density at radius 2 is 1.90 bits per heavy atom. The van der Waals surface area contributed by atoms with E-state index in [4.69, 9.17) is 25.5 Å². The number of amides is 1. The van der Waals surface area contributed by atoms with Crippen molar-refractivity contribution in [1.29, 1.82) is 0 Å². The smallest absolute Gasteiger partial charge is 0.277 e. The van der Waals surface area contributed by atoms with Crippen LogP contribution in [-0.4, -0.2) is 48.0 Å². The van der Waals surface area contributed by atoms with Crippen LogP contribution in [0.5, 0.6) is 11.5 Å². The molecule has 9 heteroatoms. The molecule has 1 aromatic heterocycles. The van der Waals surface area contributed by atoms with Crippen molar-refractivity contribution < 1.29 is 18.7 Å². The van der Waals surface area contributed by atoms with Gasteiger partial charge in [0.15, 0.2) is 0 Å². The monoisotopic (exact) mass is 433 g/mol. The molecule has 0 radical (unpaired) electrons. The van der Waals surface area contributed by atoms with E-state index in [1.807, 2.05) is 12.1 Å². The van der Waals surface area contributed by atoms with Crippen LogP contribution >= 0.6 is 23.4 Å². The van der Waals surface area contributed by atoms with Gasteiger partial charge < -0.3 is 18.8 Å². The van der Waals surface area contributed by atoms with E-state index in [2.05, 4.69) is 10.2 Å². The SMILES string of the molecule is COc1ccc(CN(C)C(=O)CSc2nnc(-c3ccc(Cl)cc3)o2)c(OC)c1. The number of hydrogen-bond acceptors (Lipinski definition) is 7. The van der Waals surface area contributed by atoms with Crippen LogP contribution in [0.25, 0.3) is 11.5 Å². The maximum Gasteiger partial charge on any atom is 0.277 e. The summed E-state index contributed by atoms with van der Waals surface area (Å²) in [5.74, 6) is 1.85. The summed E-state index contributed by atoms with van der Waals surface area (Å²) < 4.78 is 16.2. The Morgan fingerprint density at radius 3 is 2.59 bits per heavy atom. The summed E-state index contributed by atoms with van der Waals surface area (Å²) in [6.07, 6.45) is 0. The molecule has 0 N–H and O–H groups in total. The molecule has 0 aliphatic rings. The quantitative estimate of drug-likeness (QED) is 0.493. The largest absolute Gasteiger partial charge is 0.497 e. The van der Waals surface area contributed by atoms with Crippen LogP contribution in [0.4, 0.5) is 0 Å². The van der Waals surface area contributed by atoms with Crippen LogP contribution in [0.15, 0.2) is 52.1 Å². The van der Waals surface area contributed by atoms with Crippen molar-refractivity contribution in [1.82, 2.24) is 15.1 Å². The van der Waals surface area contributed by atoms with Crippen LogP contribution in [0.3, 0.4) is 0 Å². The number of nitrogens with zero attached hydrogens (tertiary/aromatic N) is 3. The molecule has 0 unspecified atom stereocenters. The van der Waals surface area contributed by atoms with Gasteiger partial charge >= 0.3 is 0 Å². The fourth-order valence-electron chi connectivity index (χ4n) is 2.54.